The minimum absolute atomic E-state index is 0.139. The van der Waals surface area contributed by atoms with Gasteiger partial charge in [0, 0.05) is 19.5 Å². The van der Waals surface area contributed by atoms with Crippen LogP contribution in [0, 0.1) is 0 Å². The van der Waals surface area contributed by atoms with Gasteiger partial charge in [0.15, 0.2) is 0 Å². The SMILES string of the molecule is OC(CNCc1nnc2n1CCCC2)C(F)F. The predicted octanol–water partition coefficient (Wildman–Crippen LogP) is 0.330. The number of rotatable bonds is 5. The van der Waals surface area contributed by atoms with Crippen LogP contribution >= 0.6 is 0 Å². The van der Waals surface area contributed by atoms with E-state index in [2.05, 4.69) is 15.5 Å². The van der Waals surface area contributed by atoms with Crippen LogP contribution in [0.25, 0.3) is 0 Å². The highest BCUT2D eigenvalue weighted by Gasteiger charge is 2.18. The Labute approximate surface area is 97.8 Å². The minimum atomic E-state index is -2.71. The van der Waals surface area contributed by atoms with E-state index < -0.39 is 12.5 Å². The summed E-state index contributed by atoms with van der Waals surface area (Å²) in [4.78, 5) is 0. The molecule has 1 aliphatic rings. The third kappa shape index (κ3) is 2.98. The molecule has 2 rings (SSSR count). The fourth-order valence-corrected chi connectivity index (χ4v) is 1.92. The van der Waals surface area contributed by atoms with Gasteiger partial charge in [0.1, 0.15) is 17.8 Å². The van der Waals surface area contributed by atoms with Crippen molar-refractivity contribution in [3.05, 3.63) is 11.6 Å². The second-order valence-corrected chi connectivity index (χ2v) is 4.17. The maximum atomic E-state index is 12.0. The summed E-state index contributed by atoms with van der Waals surface area (Å²) in [6.45, 7) is 1.10. The largest absolute Gasteiger partial charge is 0.386 e. The van der Waals surface area contributed by atoms with Gasteiger partial charge in [0.25, 0.3) is 6.43 Å². The van der Waals surface area contributed by atoms with E-state index in [9.17, 15) is 8.78 Å². The highest BCUT2D eigenvalue weighted by Crippen LogP contribution is 2.13. The van der Waals surface area contributed by atoms with Crippen LogP contribution in [0.3, 0.4) is 0 Å². The van der Waals surface area contributed by atoms with E-state index in [4.69, 9.17) is 5.11 Å². The topological polar surface area (TPSA) is 63.0 Å². The number of alkyl halides is 2. The molecular weight excluding hydrogens is 230 g/mol. The van der Waals surface area contributed by atoms with Gasteiger partial charge in [-0.3, -0.25) is 0 Å². The molecule has 0 bridgehead atoms. The molecule has 0 spiro atoms. The van der Waals surface area contributed by atoms with E-state index in [0.717, 1.165) is 37.5 Å². The lowest BCUT2D eigenvalue weighted by Gasteiger charge is -2.15. The Morgan fingerprint density at radius 2 is 2.18 bits per heavy atom. The van der Waals surface area contributed by atoms with Gasteiger partial charge in [0.2, 0.25) is 0 Å². The molecule has 0 saturated heterocycles. The van der Waals surface area contributed by atoms with Gasteiger partial charge in [-0.1, -0.05) is 0 Å². The molecular formula is C10H16F2N4O. The lowest BCUT2D eigenvalue weighted by atomic mass is 10.2. The Hall–Kier alpha value is -1.08. The molecule has 7 heteroatoms. The molecule has 1 aliphatic heterocycles. The average molecular weight is 246 g/mol. The monoisotopic (exact) mass is 246 g/mol. The number of nitrogens with one attached hydrogen (secondary N) is 1. The first-order chi connectivity index (χ1) is 8.18. The quantitative estimate of drug-likeness (QED) is 0.786. The number of aromatic nitrogens is 3. The van der Waals surface area contributed by atoms with Gasteiger partial charge in [-0.2, -0.15) is 0 Å². The molecule has 17 heavy (non-hydrogen) atoms. The summed E-state index contributed by atoms with van der Waals surface area (Å²) in [6, 6.07) is 0. The van der Waals surface area contributed by atoms with E-state index >= 15 is 0 Å². The van der Waals surface area contributed by atoms with E-state index in [0.29, 0.717) is 6.54 Å². The van der Waals surface area contributed by atoms with Gasteiger partial charge in [-0.05, 0) is 12.8 Å². The summed E-state index contributed by atoms with van der Waals surface area (Å²) in [5.74, 6) is 1.71. The number of aliphatic hydroxyl groups is 1. The highest BCUT2D eigenvalue weighted by molar-refractivity contribution is 4.98. The van der Waals surface area contributed by atoms with E-state index in [1.165, 1.54) is 0 Å². The number of hydrogen-bond donors (Lipinski definition) is 2. The Morgan fingerprint density at radius 3 is 2.94 bits per heavy atom. The maximum Gasteiger partial charge on any atom is 0.265 e. The summed E-state index contributed by atoms with van der Waals surface area (Å²) in [5, 5.41) is 19.8. The summed E-state index contributed by atoms with van der Waals surface area (Å²) < 4.78 is 26.1. The van der Waals surface area contributed by atoms with Crippen molar-refractivity contribution in [3.63, 3.8) is 0 Å². The smallest absolute Gasteiger partial charge is 0.265 e. The zero-order valence-electron chi connectivity index (χ0n) is 9.44. The van der Waals surface area contributed by atoms with Gasteiger partial charge in [-0.25, -0.2) is 8.78 Å². The zero-order valence-corrected chi connectivity index (χ0v) is 9.44. The van der Waals surface area contributed by atoms with Crippen LogP contribution in [0.5, 0.6) is 0 Å². The van der Waals surface area contributed by atoms with Gasteiger partial charge in [0.05, 0.1) is 6.54 Å². The van der Waals surface area contributed by atoms with Crippen molar-refractivity contribution < 1.29 is 13.9 Å². The zero-order chi connectivity index (χ0) is 12.3. The molecule has 0 fully saturated rings. The fourth-order valence-electron chi connectivity index (χ4n) is 1.92. The van der Waals surface area contributed by atoms with E-state index in [1.54, 1.807) is 0 Å². The third-order valence-corrected chi connectivity index (χ3v) is 2.86. The van der Waals surface area contributed by atoms with Gasteiger partial charge >= 0.3 is 0 Å². The highest BCUT2D eigenvalue weighted by atomic mass is 19.3. The standard InChI is InChI=1S/C10H16F2N4O/c11-10(12)7(17)5-13-6-9-15-14-8-3-1-2-4-16(8)9/h7,10,13,17H,1-6H2. The number of nitrogens with zero attached hydrogens (tertiary/aromatic N) is 3. The van der Waals surface area contributed by atoms with E-state index in [-0.39, 0.29) is 6.54 Å². The fraction of sp³-hybridized carbons (Fsp3) is 0.800. The van der Waals surface area contributed by atoms with Crippen LogP contribution in [0.1, 0.15) is 24.5 Å². The lowest BCUT2D eigenvalue weighted by Crippen LogP contribution is -2.32. The average Bonchev–Trinajstić information content (AvgIpc) is 2.72. The van der Waals surface area contributed by atoms with Crippen molar-refractivity contribution in [2.75, 3.05) is 6.54 Å². The Balaban J connectivity index is 1.85. The van der Waals surface area contributed by atoms with Crippen LogP contribution < -0.4 is 5.32 Å². The maximum absolute atomic E-state index is 12.0. The first-order valence-electron chi connectivity index (χ1n) is 5.76. The molecule has 0 amide bonds. The molecule has 5 nitrogen and oxygen atoms in total. The number of aliphatic hydroxyl groups excluding tert-OH is 1. The van der Waals surface area contributed by atoms with Crippen molar-refractivity contribution in [1.82, 2.24) is 20.1 Å². The lowest BCUT2D eigenvalue weighted by molar-refractivity contribution is -0.00352. The third-order valence-electron chi connectivity index (χ3n) is 2.86. The minimum Gasteiger partial charge on any atom is -0.386 e. The molecule has 2 N–H and O–H groups in total. The number of fused-ring (bicyclic) bond motifs is 1. The van der Waals surface area contributed by atoms with E-state index in [1.807, 2.05) is 4.57 Å². The number of halogens is 2. The van der Waals surface area contributed by atoms with Crippen molar-refractivity contribution in [2.45, 2.75) is 44.9 Å². The Kier molecular flexibility index (Phi) is 4.01. The van der Waals surface area contributed by atoms with Crippen LogP contribution in [-0.2, 0) is 19.5 Å². The van der Waals surface area contributed by atoms with Crippen molar-refractivity contribution in [1.29, 1.82) is 0 Å². The molecule has 1 aromatic heterocycles. The molecule has 0 radical (unpaired) electrons. The van der Waals surface area contributed by atoms with Gasteiger partial charge < -0.3 is 15.0 Å². The predicted molar refractivity (Wildman–Crippen MR) is 56.7 cm³/mol. The number of hydrogen-bond acceptors (Lipinski definition) is 4. The van der Waals surface area contributed by atoms with Crippen molar-refractivity contribution >= 4 is 0 Å². The van der Waals surface area contributed by atoms with Crippen LogP contribution in [0.4, 0.5) is 8.78 Å². The Morgan fingerprint density at radius 1 is 1.35 bits per heavy atom. The first-order valence-corrected chi connectivity index (χ1v) is 5.76. The second-order valence-electron chi connectivity index (χ2n) is 4.17. The molecule has 1 unspecified atom stereocenters. The molecule has 1 atom stereocenters. The van der Waals surface area contributed by atoms with Crippen LogP contribution in [0.2, 0.25) is 0 Å². The molecule has 0 saturated carbocycles. The molecule has 2 heterocycles. The van der Waals surface area contributed by atoms with Crippen LogP contribution in [-0.4, -0.2) is 38.9 Å². The summed E-state index contributed by atoms with van der Waals surface area (Å²) in [7, 11) is 0. The summed E-state index contributed by atoms with van der Waals surface area (Å²) in [5.41, 5.74) is 0. The van der Waals surface area contributed by atoms with Crippen molar-refractivity contribution in [2.24, 2.45) is 0 Å². The second kappa shape index (κ2) is 5.50. The molecule has 1 aromatic rings. The normalized spacial score (nSPS) is 17.2. The molecule has 96 valence electrons. The summed E-state index contributed by atoms with van der Waals surface area (Å²) >= 11 is 0. The molecule has 0 aliphatic carbocycles. The first kappa shape index (κ1) is 12.4. The van der Waals surface area contributed by atoms with Gasteiger partial charge in [-0.15, -0.1) is 10.2 Å². The summed E-state index contributed by atoms with van der Waals surface area (Å²) in [6.07, 6.45) is -1.20. The van der Waals surface area contributed by atoms with Crippen molar-refractivity contribution in [3.8, 4) is 0 Å². The molecule has 0 aromatic carbocycles. The number of aryl methyl sites for hydroxylation is 1. The Bertz CT molecular complexity index is 369. The van der Waals surface area contributed by atoms with Crippen LogP contribution in [0.15, 0.2) is 0 Å².